The van der Waals surface area contributed by atoms with Gasteiger partial charge in [0.15, 0.2) is 0 Å². The molecule has 0 aliphatic heterocycles. The molecule has 1 N–H and O–H groups in total. The minimum Gasteiger partial charge on any atom is -0.379 e. The van der Waals surface area contributed by atoms with E-state index in [1.165, 1.54) is 20.5 Å². The van der Waals surface area contributed by atoms with Crippen molar-refractivity contribution < 1.29 is 9.47 Å². The van der Waals surface area contributed by atoms with E-state index >= 15 is 0 Å². The quantitative estimate of drug-likeness (QED) is 0.715. The number of nitrogens with one attached hydrogen (secondary N) is 1. The van der Waals surface area contributed by atoms with Crippen LogP contribution in [-0.2, 0) is 22.6 Å². The predicted octanol–water partition coefficient (Wildman–Crippen LogP) is 3.81. The van der Waals surface area contributed by atoms with Crippen LogP contribution in [0.2, 0.25) is 0 Å². The molecule has 0 radical (unpaired) electrons. The van der Waals surface area contributed by atoms with Gasteiger partial charge < -0.3 is 14.8 Å². The lowest BCUT2D eigenvalue weighted by Gasteiger charge is -2.08. The zero-order valence-corrected chi connectivity index (χ0v) is 14.0. The van der Waals surface area contributed by atoms with Crippen molar-refractivity contribution in [3.05, 3.63) is 34.7 Å². The van der Waals surface area contributed by atoms with Gasteiger partial charge in [0.2, 0.25) is 0 Å². The smallest absolute Gasteiger partial charge is 0.0735 e. The number of hydrogen-bond acceptors (Lipinski definition) is 4. The van der Waals surface area contributed by atoms with Crippen LogP contribution in [0.1, 0.15) is 24.3 Å². The topological polar surface area (TPSA) is 30.5 Å². The van der Waals surface area contributed by atoms with Gasteiger partial charge in [-0.15, -0.1) is 11.3 Å². The van der Waals surface area contributed by atoms with E-state index in [1.54, 1.807) is 0 Å². The highest BCUT2D eigenvalue weighted by Crippen LogP contribution is 2.31. The zero-order valence-electron chi connectivity index (χ0n) is 13.1. The number of thiophene rings is 1. The van der Waals surface area contributed by atoms with Gasteiger partial charge >= 0.3 is 0 Å². The molecule has 0 amide bonds. The summed E-state index contributed by atoms with van der Waals surface area (Å²) >= 11 is 1.85. The normalized spacial score (nSPS) is 11.6. The largest absolute Gasteiger partial charge is 0.379 e. The summed E-state index contributed by atoms with van der Waals surface area (Å²) in [6, 6.07) is 8.53. The Kier molecular flexibility index (Phi) is 6.64. The SMILES string of the molecule is CNCc1sc2ccccc2c1COCCOCC(C)C. The van der Waals surface area contributed by atoms with Crippen LogP contribution >= 0.6 is 11.3 Å². The fourth-order valence-electron chi connectivity index (χ4n) is 2.22. The molecule has 2 aromatic rings. The van der Waals surface area contributed by atoms with Crippen LogP contribution in [0.4, 0.5) is 0 Å². The summed E-state index contributed by atoms with van der Waals surface area (Å²) in [6.45, 7) is 7.98. The van der Waals surface area contributed by atoms with Crippen molar-refractivity contribution in [3.8, 4) is 0 Å². The highest BCUT2D eigenvalue weighted by Gasteiger charge is 2.11. The van der Waals surface area contributed by atoms with Gasteiger partial charge in [0, 0.05) is 28.3 Å². The van der Waals surface area contributed by atoms with Crippen LogP contribution in [0, 0.1) is 5.92 Å². The number of benzene rings is 1. The molecule has 0 saturated heterocycles. The molecular weight excluding hydrogens is 282 g/mol. The van der Waals surface area contributed by atoms with E-state index in [0.29, 0.717) is 25.7 Å². The molecule has 0 spiro atoms. The first-order valence-electron chi connectivity index (χ1n) is 7.51. The van der Waals surface area contributed by atoms with Crippen LogP contribution in [0.3, 0.4) is 0 Å². The Bertz CT molecular complexity index is 551. The van der Waals surface area contributed by atoms with Crippen LogP contribution in [0.15, 0.2) is 24.3 Å². The Balaban J connectivity index is 1.92. The van der Waals surface area contributed by atoms with Gasteiger partial charge in [-0.2, -0.15) is 0 Å². The first-order chi connectivity index (χ1) is 10.2. The van der Waals surface area contributed by atoms with E-state index in [1.807, 2.05) is 18.4 Å². The lowest BCUT2D eigenvalue weighted by Crippen LogP contribution is -2.10. The van der Waals surface area contributed by atoms with Crippen LogP contribution in [-0.4, -0.2) is 26.9 Å². The van der Waals surface area contributed by atoms with E-state index in [-0.39, 0.29) is 0 Å². The third-order valence-corrected chi connectivity index (χ3v) is 4.40. The molecule has 0 bridgehead atoms. The van der Waals surface area contributed by atoms with Crippen molar-refractivity contribution in [2.45, 2.75) is 27.0 Å². The molecule has 21 heavy (non-hydrogen) atoms. The molecule has 3 nitrogen and oxygen atoms in total. The summed E-state index contributed by atoms with van der Waals surface area (Å²) in [5.41, 5.74) is 1.31. The molecule has 0 atom stereocenters. The minimum atomic E-state index is 0.577. The van der Waals surface area contributed by atoms with E-state index in [9.17, 15) is 0 Å². The first kappa shape index (κ1) is 16.4. The highest BCUT2D eigenvalue weighted by atomic mass is 32.1. The third kappa shape index (κ3) is 4.78. The van der Waals surface area contributed by atoms with Crippen LogP contribution in [0.25, 0.3) is 10.1 Å². The lowest BCUT2D eigenvalue weighted by atomic mass is 10.1. The third-order valence-electron chi connectivity index (χ3n) is 3.19. The van der Waals surface area contributed by atoms with E-state index in [2.05, 4.69) is 43.4 Å². The lowest BCUT2D eigenvalue weighted by molar-refractivity contribution is 0.0316. The molecule has 0 aliphatic rings. The molecule has 1 aromatic carbocycles. The summed E-state index contributed by atoms with van der Waals surface area (Å²) in [4.78, 5) is 1.36. The van der Waals surface area contributed by atoms with E-state index in [4.69, 9.17) is 9.47 Å². The maximum Gasteiger partial charge on any atom is 0.0735 e. The molecule has 0 fully saturated rings. The van der Waals surface area contributed by atoms with Crippen LogP contribution < -0.4 is 5.32 Å². The number of hydrogen-bond donors (Lipinski definition) is 1. The highest BCUT2D eigenvalue weighted by molar-refractivity contribution is 7.19. The molecule has 116 valence electrons. The first-order valence-corrected chi connectivity index (χ1v) is 8.33. The molecular formula is C17H25NO2S. The fourth-order valence-corrected chi connectivity index (χ4v) is 3.44. The molecule has 0 saturated carbocycles. The zero-order chi connectivity index (χ0) is 15.1. The second-order valence-electron chi connectivity index (χ2n) is 5.55. The molecule has 1 aromatic heterocycles. The van der Waals surface area contributed by atoms with Crippen molar-refractivity contribution in [1.29, 1.82) is 0 Å². The second-order valence-corrected chi connectivity index (χ2v) is 6.69. The van der Waals surface area contributed by atoms with Crippen molar-refractivity contribution in [2.75, 3.05) is 26.9 Å². The monoisotopic (exact) mass is 307 g/mol. The summed E-state index contributed by atoms with van der Waals surface area (Å²) in [5.74, 6) is 0.577. The maximum atomic E-state index is 5.81. The number of rotatable bonds is 9. The number of fused-ring (bicyclic) bond motifs is 1. The Hall–Kier alpha value is -0.940. The number of ether oxygens (including phenoxy) is 2. The van der Waals surface area contributed by atoms with Crippen LogP contribution in [0.5, 0.6) is 0 Å². The van der Waals surface area contributed by atoms with Crippen molar-refractivity contribution >= 4 is 21.4 Å². The molecule has 1 heterocycles. The summed E-state index contributed by atoms with van der Waals surface area (Å²) < 4.78 is 12.7. The fraction of sp³-hybridized carbons (Fsp3) is 0.529. The standard InChI is InChI=1S/C17H25NO2S/c1-13(2)11-19-8-9-20-12-15-14-6-4-5-7-16(14)21-17(15)10-18-3/h4-7,13,18H,8-12H2,1-3H3. The van der Waals surface area contributed by atoms with Gasteiger partial charge in [0.05, 0.1) is 19.8 Å². The summed E-state index contributed by atoms with van der Waals surface area (Å²) in [7, 11) is 1.98. The van der Waals surface area contributed by atoms with Crippen molar-refractivity contribution in [1.82, 2.24) is 5.32 Å². The Labute approximate surface area is 131 Å². The Morgan fingerprint density at radius 2 is 1.90 bits per heavy atom. The second kappa shape index (κ2) is 8.49. The van der Waals surface area contributed by atoms with Gasteiger partial charge in [0.25, 0.3) is 0 Å². The van der Waals surface area contributed by atoms with Gasteiger partial charge in [-0.1, -0.05) is 32.0 Å². The molecule has 2 rings (SSSR count). The van der Waals surface area contributed by atoms with Gasteiger partial charge in [-0.3, -0.25) is 0 Å². The minimum absolute atomic E-state index is 0.577. The molecule has 0 aliphatic carbocycles. The summed E-state index contributed by atoms with van der Waals surface area (Å²) in [6.07, 6.45) is 0. The maximum absolute atomic E-state index is 5.81. The van der Waals surface area contributed by atoms with Gasteiger partial charge in [0.1, 0.15) is 0 Å². The molecule has 0 unspecified atom stereocenters. The van der Waals surface area contributed by atoms with Crippen molar-refractivity contribution in [3.63, 3.8) is 0 Å². The van der Waals surface area contributed by atoms with E-state index < -0.39 is 0 Å². The van der Waals surface area contributed by atoms with E-state index in [0.717, 1.165) is 13.2 Å². The Morgan fingerprint density at radius 3 is 2.67 bits per heavy atom. The Morgan fingerprint density at radius 1 is 1.14 bits per heavy atom. The van der Waals surface area contributed by atoms with Crippen molar-refractivity contribution in [2.24, 2.45) is 5.92 Å². The predicted molar refractivity (Wildman–Crippen MR) is 89.9 cm³/mol. The average Bonchev–Trinajstić information content (AvgIpc) is 2.80. The average molecular weight is 307 g/mol. The van der Waals surface area contributed by atoms with Gasteiger partial charge in [-0.05, 0) is 24.4 Å². The molecule has 4 heteroatoms. The summed E-state index contributed by atoms with van der Waals surface area (Å²) in [5, 5.41) is 4.55. The van der Waals surface area contributed by atoms with Gasteiger partial charge in [-0.25, -0.2) is 0 Å².